The van der Waals surface area contributed by atoms with Crippen molar-refractivity contribution < 1.29 is 28.8 Å². The number of hydrogen-bond acceptors (Lipinski definition) is 6. The number of nitrogens with zero attached hydrogens (tertiary/aromatic N) is 1. The largest absolute Gasteiger partial charge is 0.496 e. The van der Waals surface area contributed by atoms with E-state index in [4.69, 9.17) is 18.9 Å². The number of rotatable bonds is 13. The minimum Gasteiger partial charge on any atom is -0.496 e. The maximum absolute atomic E-state index is 13.4. The Kier molecular flexibility index (Phi) is 9.42. The Morgan fingerprint density at radius 1 is 1.09 bits per heavy atom. The highest BCUT2D eigenvalue weighted by Crippen LogP contribution is 2.32. The van der Waals surface area contributed by atoms with Crippen molar-refractivity contribution in [2.75, 3.05) is 52.5 Å². The Labute approximate surface area is 201 Å². The average molecular weight is 473 g/mol. The summed E-state index contributed by atoms with van der Waals surface area (Å²) in [5.41, 5.74) is 1.01. The summed E-state index contributed by atoms with van der Waals surface area (Å²) in [4.78, 5) is 15.1. The lowest BCUT2D eigenvalue weighted by atomic mass is 9.86. The normalized spacial score (nSPS) is 14.1. The third-order valence-corrected chi connectivity index (χ3v) is 5.94. The summed E-state index contributed by atoms with van der Waals surface area (Å²) < 4.78 is 22.1. The van der Waals surface area contributed by atoms with Crippen molar-refractivity contribution in [1.29, 1.82) is 0 Å². The van der Waals surface area contributed by atoms with Gasteiger partial charge in [0.2, 0.25) is 0 Å². The fraction of sp³-hybridized carbons (Fsp3) is 0.500. The quantitative estimate of drug-likeness (QED) is 0.422. The molecule has 2 N–H and O–H groups in total. The van der Waals surface area contributed by atoms with Gasteiger partial charge in [-0.05, 0) is 24.6 Å². The van der Waals surface area contributed by atoms with Gasteiger partial charge in [-0.1, -0.05) is 38.0 Å². The molecule has 1 heterocycles. The van der Waals surface area contributed by atoms with E-state index in [9.17, 15) is 9.90 Å². The van der Waals surface area contributed by atoms with Crippen molar-refractivity contribution in [3.8, 4) is 17.2 Å². The summed E-state index contributed by atoms with van der Waals surface area (Å²) in [6, 6.07) is 12.7. The zero-order valence-electron chi connectivity index (χ0n) is 20.3. The van der Waals surface area contributed by atoms with Crippen molar-refractivity contribution in [3.05, 3.63) is 48.0 Å². The summed E-state index contributed by atoms with van der Waals surface area (Å²) >= 11 is 0. The summed E-state index contributed by atoms with van der Waals surface area (Å²) in [6.45, 7) is 4.18. The fourth-order valence-corrected chi connectivity index (χ4v) is 3.87. The minimum atomic E-state index is -0.465. The lowest BCUT2D eigenvalue weighted by Crippen LogP contribution is -2.54. The molecule has 1 aliphatic rings. The highest BCUT2D eigenvalue weighted by atomic mass is 16.5. The number of benzene rings is 2. The first kappa shape index (κ1) is 25.6. The van der Waals surface area contributed by atoms with Gasteiger partial charge in [0.05, 0.1) is 52.6 Å². The summed E-state index contributed by atoms with van der Waals surface area (Å²) in [7, 11) is 3.20. The monoisotopic (exact) mass is 472 g/mol. The van der Waals surface area contributed by atoms with E-state index in [0.29, 0.717) is 55.8 Å². The van der Waals surface area contributed by atoms with E-state index in [2.05, 4.69) is 12.2 Å². The van der Waals surface area contributed by atoms with Crippen molar-refractivity contribution in [3.63, 3.8) is 0 Å². The van der Waals surface area contributed by atoms with Crippen LogP contribution in [0.15, 0.2) is 42.5 Å². The van der Waals surface area contributed by atoms with Gasteiger partial charge >= 0.3 is 6.03 Å². The highest BCUT2D eigenvalue weighted by Gasteiger charge is 2.41. The number of aliphatic hydroxyl groups excluding tert-OH is 1. The number of carbonyl (C=O) groups is 1. The molecule has 2 aromatic carbocycles. The number of hydrogen-bond donors (Lipinski definition) is 2. The number of amides is 2. The number of aliphatic hydroxyl groups is 1. The first-order valence-corrected chi connectivity index (χ1v) is 11.7. The van der Waals surface area contributed by atoms with E-state index in [0.717, 1.165) is 24.8 Å². The van der Waals surface area contributed by atoms with E-state index in [1.807, 2.05) is 24.3 Å². The second-order valence-corrected chi connectivity index (χ2v) is 8.67. The average Bonchev–Trinajstić information content (AvgIpc) is 2.83. The Bertz CT molecular complexity index is 926. The fourth-order valence-electron chi connectivity index (χ4n) is 3.87. The molecule has 2 amide bonds. The van der Waals surface area contributed by atoms with Crippen molar-refractivity contribution in [2.24, 2.45) is 5.41 Å². The molecule has 0 aromatic heterocycles. The number of unbranched alkanes of at least 4 members (excludes halogenated alkanes) is 2. The first-order valence-electron chi connectivity index (χ1n) is 11.7. The number of methoxy groups -OCH3 is 2. The van der Waals surface area contributed by atoms with Crippen molar-refractivity contribution in [1.82, 2.24) is 4.90 Å². The van der Waals surface area contributed by atoms with E-state index >= 15 is 0 Å². The maximum Gasteiger partial charge on any atom is 0.322 e. The molecule has 1 saturated heterocycles. The number of nitrogens with one attached hydrogen (secondary N) is 1. The molecular weight excluding hydrogens is 436 g/mol. The lowest BCUT2D eigenvalue weighted by Gasteiger charge is -2.43. The van der Waals surface area contributed by atoms with Crippen LogP contribution in [0.1, 0.15) is 31.7 Å². The molecule has 0 bridgehead atoms. The van der Waals surface area contributed by atoms with Crippen LogP contribution in [0.3, 0.4) is 0 Å². The van der Waals surface area contributed by atoms with Crippen LogP contribution in [0.4, 0.5) is 10.5 Å². The van der Waals surface area contributed by atoms with E-state index in [-0.39, 0.29) is 12.6 Å². The summed E-state index contributed by atoms with van der Waals surface area (Å²) in [5, 5.41) is 12.9. The van der Waals surface area contributed by atoms with Gasteiger partial charge in [0, 0.05) is 23.9 Å². The SMILES string of the molecule is CCCCCOc1cc(NC(=O)N(Cc2ccccc2OC)CC2(CO)COC2)ccc1OC. The maximum atomic E-state index is 13.4. The predicted octanol–water partition coefficient (Wildman–Crippen LogP) is 4.32. The van der Waals surface area contributed by atoms with Gasteiger partial charge in [-0.3, -0.25) is 0 Å². The molecule has 1 aliphatic heterocycles. The predicted molar refractivity (Wildman–Crippen MR) is 131 cm³/mol. The molecular formula is C26H36N2O6. The highest BCUT2D eigenvalue weighted by molar-refractivity contribution is 5.89. The van der Waals surface area contributed by atoms with E-state index in [1.165, 1.54) is 0 Å². The molecule has 8 heteroatoms. The smallest absolute Gasteiger partial charge is 0.322 e. The summed E-state index contributed by atoms with van der Waals surface area (Å²) in [6.07, 6.45) is 3.15. The molecule has 0 unspecified atom stereocenters. The summed E-state index contributed by atoms with van der Waals surface area (Å²) in [5.74, 6) is 1.91. The number of para-hydroxylation sites is 1. The van der Waals surface area contributed by atoms with Gasteiger partial charge < -0.3 is 34.3 Å². The molecule has 0 saturated carbocycles. The van der Waals surface area contributed by atoms with Crippen molar-refractivity contribution in [2.45, 2.75) is 32.7 Å². The molecule has 2 aromatic rings. The van der Waals surface area contributed by atoms with Crippen LogP contribution in [-0.4, -0.2) is 63.2 Å². The second kappa shape index (κ2) is 12.5. The van der Waals surface area contributed by atoms with Crippen LogP contribution in [-0.2, 0) is 11.3 Å². The number of anilines is 1. The molecule has 0 radical (unpaired) electrons. The van der Waals surface area contributed by atoms with Crippen LogP contribution >= 0.6 is 0 Å². The standard InChI is InChI=1S/C26H36N2O6/c1-4-5-8-13-34-24-14-21(11-12-23(24)32-3)27-25(30)28(16-26(17-29)18-33-19-26)15-20-9-6-7-10-22(20)31-2/h6-7,9-12,14,29H,4-5,8,13,15-19H2,1-3H3,(H,27,30). The topological polar surface area (TPSA) is 89.5 Å². The zero-order valence-corrected chi connectivity index (χ0v) is 20.3. The van der Waals surface area contributed by atoms with Crippen LogP contribution < -0.4 is 19.5 Å². The minimum absolute atomic E-state index is 0.0546. The van der Waals surface area contributed by atoms with Gasteiger partial charge in [0.25, 0.3) is 0 Å². The Hall–Kier alpha value is -2.97. The molecule has 0 aliphatic carbocycles. The molecule has 1 fully saturated rings. The first-order chi connectivity index (χ1) is 16.5. The van der Waals surface area contributed by atoms with Crippen LogP contribution in [0, 0.1) is 5.41 Å². The molecule has 8 nitrogen and oxygen atoms in total. The molecule has 3 rings (SSSR count). The van der Waals surface area contributed by atoms with Crippen LogP contribution in [0.5, 0.6) is 17.2 Å². The van der Waals surface area contributed by atoms with Gasteiger partial charge in [0.15, 0.2) is 11.5 Å². The van der Waals surface area contributed by atoms with Gasteiger partial charge in [0.1, 0.15) is 5.75 Å². The second-order valence-electron chi connectivity index (χ2n) is 8.67. The van der Waals surface area contributed by atoms with E-state index in [1.54, 1.807) is 37.3 Å². The Morgan fingerprint density at radius 2 is 1.85 bits per heavy atom. The van der Waals surface area contributed by atoms with Crippen molar-refractivity contribution >= 4 is 11.7 Å². The van der Waals surface area contributed by atoms with Gasteiger partial charge in [-0.15, -0.1) is 0 Å². The number of carbonyl (C=O) groups excluding carboxylic acids is 1. The lowest BCUT2D eigenvalue weighted by molar-refractivity contribution is -0.144. The Morgan fingerprint density at radius 3 is 2.50 bits per heavy atom. The van der Waals surface area contributed by atoms with E-state index < -0.39 is 5.41 Å². The zero-order chi connectivity index (χ0) is 24.4. The molecule has 0 atom stereocenters. The number of ether oxygens (including phenoxy) is 4. The van der Waals surface area contributed by atoms with Gasteiger partial charge in [-0.2, -0.15) is 0 Å². The molecule has 186 valence electrons. The van der Waals surface area contributed by atoms with Crippen LogP contribution in [0.2, 0.25) is 0 Å². The van der Waals surface area contributed by atoms with Gasteiger partial charge in [-0.25, -0.2) is 4.79 Å². The number of urea groups is 1. The third-order valence-electron chi connectivity index (χ3n) is 5.94. The molecule has 0 spiro atoms. The van der Waals surface area contributed by atoms with Crippen LogP contribution in [0.25, 0.3) is 0 Å². The molecule has 34 heavy (non-hydrogen) atoms. The third kappa shape index (κ3) is 6.55. The Balaban J connectivity index is 1.77.